The number of carbonyl (C=O) groups is 1. The van der Waals surface area contributed by atoms with E-state index in [1.165, 1.54) is 154 Å². The zero-order valence-corrected chi connectivity index (χ0v) is 31.0. The number of amidine groups is 1. The second-order valence-corrected chi connectivity index (χ2v) is 13.9. The molecule has 47 heavy (non-hydrogen) atoms. The number of hydrogen-bond acceptors (Lipinski definition) is 2. The van der Waals surface area contributed by atoms with Gasteiger partial charge >= 0.3 is 0 Å². The van der Waals surface area contributed by atoms with E-state index in [2.05, 4.69) is 43.5 Å². The van der Waals surface area contributed by atoms with Crippen LogP contribution in [0.15, 0.2) is 48.6 Å². The average molecular weight is 650 g/mol. The highest BCUT2D eigenvalue weighted by Crippen LogP contribution is 2.22. The molecule has 0 heterocycles. The molecule has 0 radical (unpaired) electrons. The topological polar surface area (TPSA) is 79.0 Å². The fourth-order valence-corrected chi connectivity index (χ4v) is 6.31. The molecule has 4 N–H and O–H groups in total. The molecule has 0 fully saturated rings. The lowest BCUT2D eigenvalue weighted by Gasteiger charge is -2.17. The molecule has 0 aliphatic heterocycles. The summed E-state index contributed by atoms with van der Waals surface area (Å²) in [5.41, 5.74) is 7.07. The Morgan fingerprint density at radius 1 is 0.574 bits per heavy atom. The number of benzene rings is 1. The SMILES string of the molecule is CCCCCCCC/C=C\CCCCCCCCC(CCCCCC/C=C\CCCCCCCC)C(=O)Nc1ccc(C(=N)N)cc1. The van der Waals surface area contributed by atoms with Crippen LogP contribution in [0, 0.1) is 11.3 Å². The van der Waals surface area contributed by atoms with Gasteiger partial charge in [0.05, 0.1) is 0 Å². The van der Waals surface area contributed by atoms with Crippen molar-refractivity contribution in [3.05, 3.63) is 54.1 Å². The fraction of sp³-hybridized carbons (Fsp3) is 0.721. The molecular weight excluding hydrogens is 574 g/mol. The molecule has 268 valence electrons. The van der Waals surface area contributed by atoms with E-state index in [0.29, 0.717) is 5.56 Å². The van der Waals surface area contributed by atoms with Crippen LogP contribution in [0.2, 0.25) is 0 Å². The zero-order chi connectivity index (χ0) is 34.0. The van der Waals surface area contributed by atoms with E-state index in [1.807, 2.05) is 12.1 Å². The van der Waals surface area contributed by atoms with Gasteiger partial charge in [0.2, 0.25) is 5.91 Å². The van der Waals surface area contributed by atoms with E-state index in [1.54, 1.807) is 12.1 Å². The summed E-state index contributed by atoms with van der Waals surface area (Å²) in [6.45, 7) is 4.55. The van der Waals surface area contributed by atoms with Crippen molar-refractivity contribution in [3.8, 4) is 0 Å². The standard InChI is InChI=1S/C43H75N3O/c1-3-5-7-9-11-13-15-17-19-20-22-24-26-28-30-32-34-40(43(47)46-41-37-35-39(36-38-41)42(44)45)33-31-29-27-25-23-21-18-16-14-12-10-8-6-4-2/h17-19,21,35-38,40H,3-16,20,22-34H2,1-2H3,(H3,44,45)(H,46,47)/b19-17-,21-18-. The Hall–Kier alpha value is -2.36. The van der Waals surface area contributed by atoms with Crippen LogP contribution >= 0.6 is 0 Å². The van der Waals surface area contributed by atoms with E-state index in [9.17, 15) is 4.79 Å². The second kappa shape index (κ2) is 32.2. The Labute approximate surface area is 291 Å². The van der Waals surface area contributed by atoms with Gasteiger partial charge in [-0.1, -0.05) is 154 Å². The number of allylic oxidation sites excluding steroid dienone is 4. The van der Waals surface area contributed by atoms with Gasteiger partial charge in [-0.05, 0) is 88.5 Å². The summed E-state index contributed by atoms with van der Waals surface area (Å²) in [6, 6.07) is 7.33. The largest absolute Gasteiger partial charge is 0.384 e. The molecule has 0 bridgehead atoms. The number of rotatable bonds is 33. The van der Waals surface area contributed by atoms with Crippen molar-refractivity contribution < 1.29 is 4.79 Å². The maximum absolute atomic E-state index is 13.3. The van der Waals surface area contributed by atoms with Crippen molar-refractivity contribution in [1.82, 2.24) is 0 Å². The first-order chi connectivity index (χ1) is 23.1. The number of nitrogens with two attached hydrogens (primary N) is 1. The van der Waals surface area contributed by atoms with Gasteiger partial charge in [0.25, 0.3) is 0 Å². The Morgan fingerprint density at radius 3 is 1.28 bits per heavy atom. The van der Waals surface area contributed by atoms with Crippen molar-refractivity contribution in [2.24, 2.45) is 11.7 Å². The molecule has 1 amide bonds. The van der Waals surface area contributed by atoms with Gasteiger partial charge in [0.1, 0.15) is 5.84 Å². The molecule has 1 rings (SSSR count). The number of unbranched alkanes of at least 4 members (excludes halogenated alkanes) is 22. The molecule has 0 spiro atoms. The van der Waals surface area contributed by atoms with Crippen LogP contribution in [0.3, 0.4) is 0 Å². The molecule has 0 aliphatic carbocycles. The molecule has 4 nitrogen and oxygen atoms in total. The van der Waals surface area contributed by atoms with Crippen LogP contribution in [-0.2, 0) is 4.79 Å². The maximum atomic E-state index is 13.3. The summed E-state index contributed by atoms with van der Waals surface area (Å²) in [4.78, 5) is 13.3. The molecule has 1 atom stereocenters. The number of anilines is 1. The second-order valence-electron chi connectivity index (χ2n) is 13.9. The molecule has 0 saturated heterocycles. The monoisotopic (exact) mass is 650 g/mol. The Kier molecular flexibility index (Phi) is 29.2. The minimum Gasteiger partial charge on any atom is -0.384 e. The van der Waals surface area contributed by atoms with Crippen molar-refractivity contribution in [1.29, 1.82) is 5.41 Å². The van der Waals surface area contributed by atoms with E-state index < -0.39 is 0 Å². The minimum absolute atomic E-state index is 0.0500. The average Bonchev–Trinajstić information content (AvgIpc) is 3.07. The van der Waals surface area contributed by atoms with Gasteiger partial charge in [0.15, 0.2) is 0 Å². The first kappa shape index (κ1) is 42.7. The number of carbonyl (C=O) groups excluding carboxylic acids is 1. The van der Waals surface area contributed by atoms with E-state index >= 15 is 0 Å². The Balaban J connectivity index is 2.27. The van der Waals surface area contributed by atoms with Crippen molar-refractivity contribution in [2.75, 3.05) is 5.32 Å². The highest BCUT2D eigenvalue weighted by Gasteiger charge is 2.18. The Bertz CT molecular complexity index is 919. The summed E-state index contributed by atoms with van der Waals surface area (Å²) in [5.74, 6) is 0.261. The van der Waals surface area contributed by atoms with Gasteiger partial charge in [0, 0.05) is 17.2 Å². The van der Waals surface area contributed by atoms with Crippen molar-refractivity contribution >= 4 is 17.4 Å². The lowest BCUT2D eigenvalue weighted by molar-refractivity contribution is -0.120. The highest BCUT2D eigenvalue weighted by atomic mass is 16.1. The zero-order valence-electron chi connectivity index (χ0n) is 31.0. The van der Waals surface area contributed by atoms with E-state index in [4.69, 9.17) is 11.1 Å². The van der Waals surface area contributed by atoms with Crippen molar-refractivity contribution in [2.45, 2.75) is 194 Å². The minimum atomic E-state index is 0.0500. The number of hydrogen-bond donors (Lipinski definition) is 3. The third-order valence-corrected chi connectivity index (χ3v) is 9.46. The van der Waals surface area contributed by atoms with Gasteiger partial charge in [-0.15, -0.1) is 0 Å². The molecule has 4 heteroatoms. The van der Waals surface area contributed by atoms with Crippen LogP contribution in [-0.4, -0.2) is 11.7 Å². The molecule has 0 saturated carbocycles. The molecule has 0 aliphatic rings. The number of amides is 1. The molecule has 1 aromatic carbocycles. The van der Waals surface area contributed by atoms with Crippen molar-refractivity contribution in [3.63, 3.8) is 0 Å². The van der Waals surface area contributed by atoms with Gasteiger partial charge in [-0.3, -0.25) is 10.2 Å². The highest BCUT2D eigenvalue weighted by molar-refractivity contribution is 5.96. The first-order valence-corrected chi connectivity index (χ1v) is 20.1. The number of nitrogens with one attached hydrogen (secondary N) is 2. The normalized spacial score (nSPS) is 12.3. The predicted molar refractivity (Wildman–Crippen MR) is 208 cm³/mol. The molecule has 1 aromatic rings. The molecular formula is C43H75N3O. The smallest absolute Gasteiger partial charge is 0.227 e. The van der Waals surface area contributed by atoms with E-state index in [-0.39, 0.29) is 17.7 Å². The third kappa shape index (κ3) is 26.3. The van der Waals surface area contributed by atoms with E-state index in [0.717, 1.165) is 31.4 Å². The van der Waals surface area contributed by atoms with Gasteiger partial charge < -0.3 is 11.1 Å². The summed E-state index contributed by atoms with van der Waals surface area (Å²) < 4.78 is 0. The summed E-state index contributed by atoms with van der Waals surface area (Å²) in [6.07, 6.45) is 45.2. The van der Waals surface area contributed by atoms with Crippen LogP contribution in [0.4, 0.5) is 5.69 Å². The summed E-state index contributed by atoms with van der Waals surface area (Å²) in [5, 5.41) is 10.8. The maximum Gasteiger partial charge on any atom is 0.227 e. The van der Waals surface area contributed by atoms with Crippen LogP contribution in [0.5, 0.6) is 0 Å². The van der Waals surface area contributed by atoms with Crippen LogP contribution < -0.4 is 11.1 Å². The quantitative estimate of drug-likeness (QED) is 0.0306. The summed E-state index contributed by atoms with van der Waals surface area (Å²) in [7, 11) is 0. The van der Waals surface area contributed by atoms with Crippen LogP contribution in [0.25, 0.3) is 0 Å². The van der Waals surface area contributed by atoms with Gasteiger partial charge in [-0.25, -0.2) is 0 Å². The lowest BCUT2D eigenvalue weighted by atomic mass is 9.93. The third-order valence-electron chi connectivity index (χ3n) is 9.46. The first-order valence-electron chi connectivity index (χ1n) is 20.1. The number of nitrogen functional groups attached to an aromatic ring is 1. The fourth-order valence-electron chi connectivity index (χ4n) is 6.31. The molecule has 1 unspecified atom stereocenters. The van der Waals surface area contributed by atoms with Gasteiger partial charge in [-0.2, -0.15) is 0 Å². The lowest BCUT2D eigenvalue weighted by Crippen LogP contribution is -2.23. The summed E-state index contributed by atoms with van der Waals surface area (Å²) >= 11 is 0. The Morgan fingerprint density at radius 2 is 0.915 bits per heavy atom. The predicted octanol–water partition coefficient (Wildman–Crippen LogP) is 13.6. The molecule has 0 aromatic heterocycles. The van der Waals surface area contributed by atoms with Crippen LogP contribution in [0.1, 0.15) is 199 Å².